The van der Waals surface area contributed by atoms with Gasteiger partial charge in [0.15, 0.2) is 12.3 Å². The van der Waals surface area contributed by atoms with E-state index in [0.29, 0.717) is 17.7 Å². The number of ether oxygens (including phenoxy) is 2. The standard InChI is InChI=1S/C25H23N3O4/c1-17-8-7-10-19(14-17)32-16-23(29)26-27-24-20-11-4-5-12-21(20)28(25(24)30)15-18-9-3-6-13-22(18)31-2/h3-14,30H,15-16H2,1-2H3. The number of hydrogen-bond acceptors (Lipinski definition) is 5. The number of carbonyl (C=O) groups excluding carboxylic acids is 1. The van der Waals surface area contributed by atoms with E-state index in [-0.39, 0.29) is 18.2 Å². The first kappa shape index (κ1) is 21.1. The fraction of sp³-hybridized carbons (Fsp3) is 0.160. The lowest BCUT2D eigenvalue weighted by molar-refractivity contribution is -0.120. The van der Waals surface area contributed by atoms with Crippen molar-refractivity contribution >= 4 is 22.5 Å². The van der Waals surface area contributed by atoms with Crippen LogP contribution in [-0.4, -0.2) is 29.3 Å². The molecule has 0 atom stereocenters. The van der Waals surface area contributed by atoms with Crippen LogP contribution in [0.4, 0.5) is 5.69 Å². The van der Waals surface area contributed by atoms with E-state index in [1.165, 1.54) is 0 Å². The predicted molar refractivity (Wildman–Crippen MR) is 122 cm³/mol. The number of amides is 1. The summed E-state index contributed by atoms with van der Waals surface area (Å²) in [5.74, 6) is 0.682. The summed E-state index contributed by atoms with van der Waals surface area (Å²) >= 11 is 0. The summed E-state index contributed by atoms with van der Waals surface area (Å²) in [6.45, 7) is 2.07. The molecule has 0 unspecified atom stereocenters. The Hall–Kier alpha value is -4.13. The summed E-state index contributed by atoms with van der Waals surface area (Å²) in [6, 6.07) is 22.4. The van der Waals surface area contributed by atoms with Crippen LogP contribution in [-0.2, 0) is 11.3 Å². The maximum Gasteiger partial charge on any atom is 0.302 e. The van der Waals surface area contributed by atoms with Gasteiger partial charge in [-0.05, 0) is 36.8 Å². The minimum absolute atomic E-state index is 0.0757. The highest BCUT2D eigenvalue weighted by molar-refractivity contribution is 5.95. The molecule has 7 nitrogen and oxygen atoms in total. The molecule has 0 saturated carbocycles. The molecule has 1 N–H and O–H groups in total. The number of carbonyl (C=O) groups is 1. The van der Waals surface area contributed by atoms with Gasteiger partial charge in [0, 0.05) is 10.9 Å². The molecule has 0 aliphatic rings. The molecule has 1 amide bonds. The number of fused-ring (bicyclic) bond motifs is 1. The van der Waals surface area contributed by atoms with Crippen molar-refractivity contribution in [2.45, 2.75) is 13.5 Å². The summed E-state index contributed by atoms with van der Waals surface area (Å²) in [5.41, 5.74) is 2.94. The Morgan fingerprint density at radius 1 is 1.03 bits per heavy atom. The average molecular weight is 429 g/mol. The van der Waals surface area contributed by atoms with Crippen molar-refractivity contribution in [2.24, 2.45) is 10.2 Å². The monoisotopic (exact) mass is 429 g/mol. The van der Waals surface area contributed by atoms with Crippen LogP contribution in [0.3, 0.4) is 0 Å². The van der Waals surface area contributed by atoms with Gasteiger partial charge in [0.2, 0.25) is 5.88 Å². The molecule has 0 fully saturated rings. The number of methoxy groups -OCH3 is 1. The van der Waals surface area contributed by atoms with Crippen molar-refractivity contribution in [2.75, 3.05) is 13.7 Å². The minimum atomic E-state index is -0.549. The summed E-state index contributed by atoms with van der Waals surface area (Å²) in [4.78, 5) is 12.2. The number of hydrogen-bond donors (Lipinski definition) is 1. The zero-order valence-electron chi connectivity index (χ0n) is 17.9. The normalized spacial score (nSPS) is 11.2. The molecule has 0 aliphatic carbocycles. The Balaban J connectivity index is 1.59. The fourth-order valence-electron chi connectivity index (χ4n) is 3.52. The number of rotatable bonds is 7. The molecule has 0 spiro atoms. The van der Waals surface area contributed by atoms with Crippen molar-refractivity contribution < 1.29 is 19.4 Å². The van der Waals surface area contributed by atoms with Crippen LogP contribution >= 0.6 is 0 Å². The van der Waals surface area contributed by atoms with Gasteiger partial charge in [-0.3, -0.25) is 4.79 Å². The lowest BCUT2D eigenvalue weighted by atomic mass is 10.2. The van der Waals surface area contributed by atoms with Crippen LogP contribution in [0.5, 0.6) is 17.4 Å². The van der Waals surface area contributed by atoms with Gasteiger partial charge in [-0.25, -0.2) is 0 Å². The van der Waals surface area contributed by atoms with Crippen molar-refractivity contribution in [3.63, 3.8) is 0 Å². The third-order valence-corrected chi connectivity index (χ3v) is 5.05. The van der Waals surface area contributed by atoms with E-state index in [1.807, 2.05) is 73.7 Å². The van der Waals surface area contributed by atoms with Crippen LogP contribution in [0.1, 0.15) is 11.1 Å². The smallest absolute Gasteiger partial charge is 0.302 e. The first-order valence-corrected chi connectivity index (χ1v) is 10.1. The highest BCUT2D eigenvalue weighted by atomic mass is 16.5. The van der Waals surface area contributed by atoms with E-state index < -0.39 is 5.91 Å². The first-order chi connectivity index (χ1) is 15.6. The molecule has 1 heterocycles. The number of aromatic hydroxyl groups is 1. The summed E-state index contributed by atoms with van der Waals surface area (Å²) < 4.78 is 12.6. The highest BCUT2D eigenvalue weighted by Crippen LogP contribution is 2.39. The van der Waals surface area contributed by atoms with Crippen LogP contribution < -0.4 is 9.47 Å². The lowest BCUT2D eigenvalue weighted by Crippen LogP contribution is -2.07. The second-order valence-corrected chi connectivity index (χ2v) is 7.29. The van der Waals surface area contributed by atoms with Crippen molar-refractivity contribution in [3.8, 4) is 17.4 Å². The largest absolute Gasteiger partial charge is 0.496 e. The zero-order chi connectivity index (χ0) is 22.5. The number of azo groups is 1. The van der Waals surface area contributed by atoms with Gasteiger partial charge in [-0.15, -0.1) is 10.2 Å². The molecule has 4 rings (SSSR count). The van der Waals surface area contributed by atoms with Gasteiger partial charge >= 0.3 is 5.91 Å². The van der Waals surface area contributed by atoms with Crippen LogP contribution in [0, 0.1) is 6.92 Å². The summed E-state index contributed by atoms with van der Waals surface area (Å²) in [6.07, 6.45) is 0. The van der Waals surface area contributed by atoms with E-state index in [1.54, 1.807) is 17.7 Å². The van der Waals surface area contributed by atoms with Gasteiger partial charge in [-0.1, -0.05) is 48.5 Å². The van der Waals surface area contributed by atoms with Gasteiger partial charge in [-0.2, -0.15) is 0 Å². The molecular formula is C25H23N3O4. The second-order valence-electron chi connectivity index (χ2n) is 7.29. The Morgan fingerprint density at radius 3 is 2.62 bits per heavy atom. The van der Waals surface area contributed by atoms with Gasteiger partial charge < -0.3 is 19.1 Å². The molecule has 1 aromatic heterocycles. The molecular weight excluding hydrogens is 406 g/mol. The Labute approximate surface area is 185 Å². The zero-order valence-corrected chi connectivity index (χ0v) is 17.9. The van der Waals surface area contributed by atoms with E-state index >= 15 is 0 Å². The van der Waals surface area contributed by atoms with Gasteiger partial charge in [0.05, 0.1) is 19.2 Å². The molecule has 7 heteroatoms. The highest BCUT2D eigenvalue weighted by Gasteiger charge is 2.18. The quantitative estimate of drug-likeness (QED) is 0.399. The van der Waals surface area contributed by atoms with Crippen LogP contribution in [0.2, 0.25) is 0 Å². The van der Waals surface area contributed by atoms with Crippen molar-refractivity contribution in [3.05, 3.63) is 83.9 Å². The molecule has 0 aliphatic heterocycles. The van der Waals surface area contributed by atoms with E-state index in [2.05, 4.69) is 10.2 Å². The number of benzene rings is 3. The Morgan fingerprint density at radius 2 is 1.81 bits per heavy atom. The Bertz CT molecular complexity index is 1290. The molecule has 162 valence electrons. The van der Waals surface area contributed by atoms with E-state index in [4.69, 9.17) is 9.47 Å². The maximum atomic E-state index is 12.2. The SMILES string of the molecule is COc1ccccc1Cn1c(O)c(N=NC(=O)COc2cccc(C)c2)c2ccccc21. The molecule has 0 radical (unpaired) electrons. The number of para-hydroxylation sites is 2. The summed E-state index contributed by atoms with van der Waals surface area (Å²) in [7, 11) is 1.61. The number of nitrogens with zero attached hydrogens (tertiary/aromatic N) is 3. The van der Waals surface area contributed by atoms with Gasteiger partial charge in [0.25, 0.3) is 0 Å². The van der Waals surface area contributed by atoms with Gasteiger partial charge in [0.1, 0.15) is 11.5 Å². The van der Waals surface area contributed by atoms with E-state index in [9.17, 15) is 9.90 Å². The van der Waals surface area contributed by atoms with Crippen molar-refractivity contribution in [1.29, 1.82) is 0 Å². The van der Waals surface area contributed by atoms with Crippen LogP contribution in [0.25, 0.3) is 10.9 Å². The summed E-state index contributed by atoms with van der Waals surface area (Å²) in [5, 5.41) is 19.4. The average Bonchev–Trinajstić information content (AvgIpc) is 3.07. The van der Waals surface area contributed by atoms with Crippen molar-refractivity contribution in [1.82, 2.24) is 4.57 Å². The maximum absolute atomic E-state index is 12.2. The molecule has 32 heavy (non-hydrogen) atoms. The third-order valence-electron chi connectivity index (χ3n) is 5.05. The third kappa shape index (κ3) is 4.46. The molecule has 4 aromatic rings. The Kier molecular flexibility index (Phi) is 6.17. The molecule has 0 bridgehead atoms. The second kappa shape index (κ2) is 9.34. The lowest BCUT2D eigenvalue weighted by Gasteiger charge is -2.11. The molecule has 3 aromatic carbocycles. The van der Waals surface area contributed by atoms with Crippen LogP contribution in [0.15, 0.2) is 83.0 Å². The first-order valence-electron chi connectivity index (χ1n) is 10.1. The number of aromatic nitrogens is 1. The topological polar surface area (TPSA) is 85.4 Å². The predicted octanol–water partition coefficient (Wildman–Crippen LogP) is 5.40. The minimum Gasteiger partial charge on any atom is -0.496 e. The fourth-order valence-corrected chi connectivity index (χ4v) is 3.52. The number of aryl methyl sites for hydroxylation is 1. The molecule has 0 saturated heterocycles. The van der Waals surface area contributed by atoms with E-state index in [0.717, 1.165) is 22.4 Å².